The van der Waals surface area contributed by atoms with E-state index in [0.29, 0.717) is 5.92 Å². The lowest BCUT2D eigenvalue weighted by Crippen LogP contribution is -2.36. The summed E-state index contributed by atoms with van der Waals surface area (Å²) in [6, 6.07) is 10.6. The molecule has 122 valence electrons. The van der Waals surface area contributed by atoms with E-state index in [0.717, 1.165) is 25.1 Å². The van der Waals surface area contributed by atoms with Crippen molar-refractivity contribution in [1.29, 1.82) is 0 Å². The summed E-state index contributed by atoms with van der Waals surface area (Å²) in [7, 11) is 0. The molecule has 6 nitrogen and oxygen atoms in total. The van der Waals surface area contributed by atoms with Crippen LogP contribution >= 0.6 is 0 Å². The molecule has 0 saturated heterocycles. The van der Waals surface area contributed by atoms with Gasteiger partial charge in [-0.25, -0.2) is 4.68 Å². The Bertz CT molecular complexity index is 635. The van der Waals surface area contributed by atoms with E-state index in [1.165, 1.54) is 18.4 Å². The SMILES string of the molecule is CC(NC(=O)Cn1nnnc1CCCc1ccccc1)C1CC1. The van der Waals surface area contributed by atoms with Crippen molar-refractivity contribution in [2.24, 2.45) is 5.92 Å². The van der Waals surface area contributed by atoms with Crippen molar-refractivity contribution in [2.45, 2.75) is 51.6 Å². The van der Waals surface area contributed by atoms with Gasteiger partial charge >= 0.3 is 0 Å². The summed E-state index contributed by atoms with van der Waals surface area (Å²) in [5, 5.41) is 14.7. The Morgan fingerprint density at radius 3 is 2.83 bits per heavy atom. The Morgan fingerprint density at radius 2 is 2.09 bits per heavy atom. The zero-order valence-corrected chi connectivity index (χ0v) is 13.5. The van der Waals surface area contributed by atoms with Crippen LogP contribution in [0.1, 0.15) is 37.6 Å². The third kappa shape index (κ3) is 4.61. The average molecular weight is 313 g/mol. The highest BCUT2D eigenvalue weighted by Crippen LogP contribution is 2.32. The first-order valence-corrected chi connectivity index (χ1v) is 8.30. The van der Waals surface area contributed by atoms with E-state index in [1.54, 1.807) is 4.68 Å². The van der Waals surface area contributed by atoms with Crippen LogP contribution in [0.25, 0.3) is 0 Å². The Labute approximate surface area is 136 Å². The molecule has 1 fully saturated rings. The first kappa shape index (κ1) is 15.6. The van der Waals surface area contributed by atoms with Crippen LogP contribution in [0.4, 0.5) is 0 Å². The number of amides is 1. The summed E-state index contributed by atoms with van der Waals surface area (Å²) in [6.45, 7) is 2.26. The lowest BCUT2D eigenvalue weighted by Gasteiger charge is -2.12. The number of benzene rings is 1. The molecule has 23 heavy (non-hydrogen) atoms. The Morgan fingerprint density at radius 1 is 1.30 bits per heavy atom. The fourth-order valence-electron chi connectivity index (χ4n) is 2.77. The number of tetrazole rings is 1. The Hall–Kier alpha value is -2.24. The van der Waals surface area contributed by atoms with Crippen LogP contribution in [0.5, 0.6) is 0 Å². The molecule has 1 atom stereocenters. The summed E-state index contributed by atoms with van der Waals surface area (Å²) in [5.74, 6) is 1.41. The van der Waals surface area contributed by atoms with Gasteiger partial charge in [0.1, 0.15) is 6.54 Å². The third-order valence-electron chi connectivity index (χ3n) is 4.33. The summed E-state index contributed by atoms with van der Waals surface area (Å²) >= 11 is 0. The number of hydrogen-bond donors (Lipinski definition) is 1. The number of hydrogen-bond acceptors (Lipinski definition) is 4. The molecule has 3 rings (SSSR count). The quantitative estimate of drug-likeness (QED) is 0.806. The standard InChI is InChI=1S/C17H23N5O/c1-13(15-10-11-15)18-17(23)12-22-16(19-20-21-22)9-5-8-14-6-3-2-4-7-14/h2-4,6-7,13,15H,5,8-12H2,1H3,(H,18,23). The van der Waals surface area contributed by atoms with Crippen LogP contribution in [0, 0.1) is 5.92 Å². The highest BCUT2D eigenvalue weighted by molar-refractivity contribution is 5.76. The predicted molar refractivity (Wildman–Crippen MR) is 86.6 cm³/mol. The molecule has 2 aromatic rings. The van der Waals surface area contributed by atoms with E-state index < -0.39 is 0 Å². The number of aromatic nitrogens is 4. The summed E-state index contributed by atoms with van der Waals surface area (Å²) < 4.78 is 1.61. The molecule has 1 aliphatic carbocycles. The predicted octanol–water partition coefficient (Wildman–Crippen LogP) is 1.76. The first-order chi connectivity index (χ1) is 11.2. The minimum atomic E-state index is -0.0130. The van der Waals surface area contributed by atoms with Gasteiger partial charge in [0, 0.05) is 12.5 Å². The molecule has 1 aromatic carbocycles. The van der Waals surface area contributed by atoms with Crippen molar-refractivity contribution in [3.63, 3.8) is 0 Å². The number of aryl methyl sites for hydroxylation is 2. The maximum Gasteiger partial charge on any atom is 0.242 e. The lowest BCUT2D eigenvalue weighted by atomic mass is 10.1. The van der Waals surface area contributed by atoms with E-state index in [2.05, 4.69) is 39.9 Å². The van der Waals surface area contributed by atoms with Crippen molar-refractivity contribution in [2.75, 3.05) is 0 Å². The number of carbonyl (C=O) groups is 1. The van der Waals surface area contributed by atoms with Crippen molar-refractivity contribution in [3.05, 3.63) is 41.7 Å². The van der Waals surface area contributed by atoms with Crippen LogP contribution in [0.2, 0.25) is 0 Å². The molecule has 0 aliphatic heterocycles. The van der Waals surface area contributed by atoms with Crippen LogP contribution in [0.3, 0.4) is 0 Å². The molecular formula is C17H23N5O. The van der Waals surface area contributed by atoms with Gasteiger partial charge in [-0.2, -0.15) is 0 Å². The summed E-state index contributed by atoms with van der Waals surface area (Å²) in [6.07, 6.45) is 5.16. The maximum absolute atomic E-state index is 12.1. The molecule has 1 aliphatic rings. The number of rotatable bonds is 8. The minimum Gasteiger partial charge on any atom is -0.352 e. The van der Waals surface area contributed by atoms with E-state index in [-0.39, 0.29) is 18.5 Å². The minimum absolute atomic E-state index is 0.0130. The molecule has 0 radical (unpaired) electrons. The van der Waals surface area contributed by atoms with E-state index in [1.807, 2.05) is 18.2 Å². The molecular weight excluding hydrogens is 290 g/mol. The molecule has 1 heterocycles. The van der Waals surface area contributed by atoms with Gasteiger partial charge in [0.15, 0.2) is 5.82 Å². The van der Waals surface area contributed by atoms with Gasteiger partial charge in [0.2, 0.25) is 5.91 Å². The molecule has 1 N–H and O–H groups in total. The second-order valence-corrected chi connectivity index (χ2v) is 6.29. The average Bonchev–Trinajstić information content (AvgIpc) is 3.31. The van der Waals surface area contributed by atoms with E-state index in [9.17, 15) is 4.79 Å². The van der Waals surface area contributed by atoms with Crippen molar-refractivity contribution in [3.8, 4) is 0 Å². The van der Waals surface area contributed by atoms with Crippen LogP contribution < -0.4 is 5.32 Å². The van der Waals surface area contributed by atoms with Gasteiger partial charge in [-0.3, -0.25) is 4.79 Å². The maximum atomic E-state index is 12.1. The van der Waals surface area contributed by atoms with Crippen LogP contribution in [0.15, 0.2) is 30.3 Å². The topological polar surface area (TPSA) is 72.7 Å². The van der Waals surface area contributed by atoms with Crippen LogP contribution in [-0.2, 0) is 24.2 Å². The number of carbonyl (C=O) groups excluding carboxylic acids is 1. The Kier molecular flexibility index (Phi) is 5.00. The zero-order valence-electron chi connectivity index (χ0n) is 13.5. The van der Waals surface area contributed by atoms with Gasteiger partial charge in [-0.15, -0.1) is 5.10 Å². The molecule has 0 bridgehead atoms. The second-order valence-electron chi connectivity index (χ2n) is 6.29. The molecule has 1 aromatic heterocycles. The third-order valence-corrected chi connectivity index (χ3v) is 4.33. The molecule has 1 amide bonds. The normalized spacial score (nSPS) is 15.3. The highest BCUT2D eigenvalue weighted by atomic mass is 16.2. The number of nitrogens with zero attached hydrogens (tertiary/aromatic N) is 4. The first-order valence-electron chi connectivity index (χ1n) is 8.30. The van der Waals surface area contributed by atoms with Crippen LogP contribution in [-0.4, -0.2) is 32.2 Å². The zero-order chi connectivity index (χ0) is 16.1. The fraction of sp³-hybridized carbons (Fsp3) is 0.529. The summed E-state index contributed by atoms with van der Waals surface area (Å²) in [5.41, 5.74) is 1.31. The van der Waals surface area contributed by atoms with E-state index in [4.69, 9.17) is 0 Å². The Balaban J connectivity index is 1.47. The lowest BCUT2D eigenvalue weighted by molar-refractivity contribution is -0.122. The monoisotopic (exact) mass is 313 g/mol. The van der Waals surface area contributed by atoms with E-state index >= 15 is 0 Å². The number of nitrogens with one attached hydrogen (secondary N) is 1. The van der Waals surface area contributed by atoms with Gasteiger partial charge in [0.05, 0.1) is 0 Å². The van der Waals surface area contributed by atoms with Gasteiger partial charge in [-0.05, 0) is 54.5 Å². The molecule has 1 unspecified atom stereocenters. The fourth-order valence-corrected chi connectivity index (χ4v) is 2.77. The smallest absolute Gasteiger partial charge is 0.242 e. The summed E-state index contributed by atoms with van der Waals surface area (Å²) in [4.78, 5) is 12.1. The van der Waals surface area contributed by atoms with Crippen molar-refractivity contribution >= 4 is 5.91 Å². The van der Waals surface area contributed by atoms with Gasteiger partial charge < -0.3 is 5.32 Å². The van der Waals surface area contributed by atoms with Gasteiger partial charge in [-0.1, -0.05) is 30.3 Å². The highest BCUT2D eigenvalue weighted by Gasteiger charge is 2.29. The molecule has 6 heteroatoms. The second kappa shape index (κ2) is 7.35. The molecule has 1 saturated carbocycles. The van der Waals surface area contributed by atoms with Crippen molar-refractivity contribution < 1.29 is 4.79 Å². The largest absolute Gasteiger partial charge is 0.352 e. The van der Waals surface area contributed by atoms with Gasteiger partial charge in [0.25, 0.3) is 0 Å². The molecule has 0 spiro atoms. The van der Waals surface area contributed by atoms with Crippen molar-refractivity contribution in [1.82, 2.24) is 25.5 Å².